The molecule has 0 N–H and O–H groups in total. The highest BCUT2D eigenvalue weighted by molar-refractivity contribution is 5.58. The van der Waals surface area contributed by atoms with Gasteiger partial charge < -0.3 is 4.90 Å². The van der Waals surface area contributed by atoms with Crippen LogP contribution in [0.4, 0.5) is 5.82 Å². The first-order valence-electron chi connectivity index (χ1n) is 6.74. The summed E-state index contributed by atoms with van der Waals surface area (Å²) in [5.74, 6) is 1.46. The Morgan fingerprint density at radius 1 is 1.33 bits per heavy atom. The van der Waals surface area contributed by atoms with Crippen LogP contribution >= 0.6 is 0 Å². The second-order valence-corrected chi connectivity index (χ2v) is 4.98. The fraction of sp³-hybridized carbons (Fsp3) is 0.643. The van der Waals surface area contributed by atoms with Gasteiger partial charge in [-0.25, -0.2) is 0 Å². The Balaban J connectivity index is 2.45. The monoisotopic (exact) mass is 244 g/mol. The molecule has 0 amide bonds. The maximum absolute atomic E-state index is 9.43. The van der Waals surface area contributed by atoms with E-state index in [1.807, 2.05) is 0 Å². The van der Waals surface area contributed by atoms with E-state index in [1.54, 1.807) is 0 Å². The van der Waals surface area contributed by atoms with Crippen LogP contribution in [0.5, 0.6) is 0 Å². The number of anilines is 1. The molecule has 0 aromatic carbocycles. The Kier molecular flexibility index (Phi) is 3.81. The van der Waals surface area contributed by atoms with Crippen LogP contribution < -0.4 is 4.90 Å². The summed E-state index contributed by atoms with van der Waals surface area (Å²) in [4.78, 5) is 2.20. The minimum atomic E-state index is 0.675. The number of hydrogen-bond donors (Lipinski definition) is 0. The van der Waals surface area contributed by atoms with Gasteiger partial charge in [0.15, 0.2) is 5.82 Å². The quantitative estimate of drug-likeness (QED) is 0.818. The molecule has 18 heavy (non-hydrogen) atoms. The standard InChI is InChI=1S/C14H20N4/c1-4-11-12(8-15)14(17-16-13(11)5-2)18-7-6-10(3)9-18/h10H,4-7,9H2,1-3H3. The van der Waals surface area contributed by atoms with Crippen molar-refractivity contribution in [3.8, 4) is 6.07 Å². The summed E-state index contributed by atoms with van der Waals surface area (Å²) in [5.41, 5.74) is 2.77. The highest BCUT2D eigenvalue weighted by Gasteiger charge is 2.24. The van der Waals surface area contributed by atoms with Crippen molar-refractivity contribution in [1.29, 1.82) is 5.26 Å². The predicted molar refractivity (Wildman–Crippen MR) is 71.5 cm³/mol. The van der Waals surface area contributed by atoms with Crippen LogP contribution in [0, 0.1) is 17.2 Å². The van der Waals surface area contributed by atoms with Crippen LogP contribution in [0.3, 0.4) is 0 Å². The van der Waals surface area contributed by atoms with E-state index in [-0.39, 0.29) is 0 Å². The van der Waals surface area contributed by atoms with Gasteiger partial charge in [0.2, 0.25) is 0 Å². The van der Waals surface area contributed by atoms with Crippen molar-refractivity contribution in [3.05, 3.63) is 16.8 Å². The van der Waals surface area contributed by atoms with Gasteiger partial charge in [-0.2, -0.15) is 10.4 Å². The Labute approximate surface area is 109 Å². The number of nitriles is 1. The summed E-state index contributed by atoms with van der Waals surface area (Å²) in [6.07, 6.45) is 2.85. The van der Waals surface area contributed by atoms with Crippen LogP contribution in [0.25, 0.3) is 0 Å². The lowest BCUT2D eigenvalue weighted by molar-refractivity contribution is 0.658. The largest absolute Gasteiger partial charge is 0.354 e. The van der Waals surface area contributed by atoms with Gasteiger partial charge in [-0.3, -0.25) is 0 Å². The van der Waals surface area contributed by atoms with Crippen molar-refractivity contribution < 1.29 is 0 Å². The Morgan fingerprint density at radius 3 is 2.61 bits per heavy atom. The first kappa shape index (κ1) is 12.8. The molecule has 4 nitrogen and oxygen atoms in total. The van der Waals surface area contributed by atoms with Gasteiger partial charge in [0.1, 0.15) is 11.6 Å². The summed E-state index contributed by atoms with van der Waals surface area (Å²) in [7, 11) is 0. The molecular formula is C14H20N4. The minimum Gasteiger partial charge on any atom is -0.354 e. The summed E-state index contributed by atoms with van der Waals surface area (Å²) >= 11 is 0. The normalized spacial score (nSPS) is 19.0. The SMILES string of the molecule is CCc1nnc(N2CCC(C)C2)c(C#N)c1CC. The second-order valence-electron chi connectivity index (χ2n) is 4.98. The molecule has 1 atom stereocenters. The molecule has 1 unspecified atom stereocenters. The Bertz CT molecular complexity index is 475. The van der Waals surface area contributed by atoms with Gasteiger partial charge in [-0.15, -0.1) is 5.10 Å². The van der Waals surface area contributed by atoms with Crippen molar-refractivity contribution in [1.82, 2.24) is 10.2 Å². The fourth-order valence-corrected chi connectivity index (χ4v) is 2.63. The van der Waals surface area contributed by atoms with Gasteiger partial charge >= 0.3 is 0 Å². The van der Waals surface area contributed by atoms with Gasteiger partial charge in [0.25, 0.3) is 0 Å². The first-order valence-corrected chi connectivity index (χ1v) is 6.74. The zero-order valence-corrected chi connectivity index (χ0v) is 11.4. The molecular weight excluding hydrogens is 224 g/mol. The summed E-state index contributed by atoms with van der Waals surface area (Å²) < 4.78 is 0. The lowest BCUT2D eigenvalue weighted by Gasteiger charge is -2.19. The van der Waals surface area contributed by atoms with E-state index in [0.717, 1.165) is 48.6 Å². The number of nitrogens with zero attached hydrogens (tertiary/aromatic N) is 4. The summed E-state index contributed by atoms with van der Waals surface area (Å²) in [5, 5.41) is 18.0. The van der Waals surface area contributed by atoms with Gasteiger partial charge in [0, 0.05) is 13.1 Å². The lowest BCUT2D eigenvalue weighted by atomic mass is 10.0. The van der Waals surface area contributed by atoms with Crippen molar-refractivity contribution in [2.75, 3.05) is 18.0 Å². The van der Waals surface area contributed by atoms with Crippen molar-refractivity contribution in [3.63, 3.8) is 0 Å². The molecule has 1 saturated heterocycles. The minimum absolute atomic E-state index is 0.675. The van der Waals surface area contributed by atoms with E-state index in [2.05, 4.69) is 41.9 Å². The Hall–Kier alpha value is -1.63. The first-order chi connectivity index (χ1) is 8.71. The molecule has 4 heteroatoms. The summed E-state index contributed by atoms with van der Waals surface area (Å²) in [6.45, 7) is 8.34. The average molecular weight is 244 g/mol. The lowest BCUT2D eigenvalue weighted by Crippen LogP contribution is -2.23. The highest BCUT2D eigenvalue weighted by Crippen LogP contribution is 2.27. The van der Waals surface area contributed by atoms with Crippen LogP contribution in [0.2, 0.25) is 0 Å². The van der Waals surface area contributed by atoms with E-state index >= 15 is 0 Å². The van der Waals surface area contributed by atoms with E-state index < -0.39 is 0 Å². The molecule has 1 aliphatic heterocycles. The van der Waals surface area contributed by atoms with Crippen LogP contribution in [-0.4, -0.2) is 23.3 Å². The Morgan fingerprint density at radius 2 is 2.11 bits per heavy atom. The van der Waals surface area contributed by atoms with E-state index in [4.69, 9.17) is 0 Å². The number of aromatic nitrogens is 2. The number of aryl methyl sites for hydroxylation is 1. The zero-order valence-electron chi connectivity index (χ0n) is 11.4. The molecule has 0 saturated carbocycles. The molecule has 0 spiro atoms. The van der Waals surface area contributed by atoms with Crippen molar-refractivity contribution in [2.45, 2.75) is 40.0 Å². The zero-order chi connectivity index (χ0) is 13.1. The molecule has 1 aliphatic rings. The molecule has 96 valence electrons. The van der Waals surface area contributed by atoms with Gasteiger partial charge in [0.05, 0.1) is 5.69 Å². The van der Waals surface area contributed by atoms with Gasteiger partial charge in [-0.05, 0) is 30.7 Å². The fourth-order valence-electron chi connectivity index (χ4n) is 2.63. The average Bonchev–Trinajstić information content (AvgIpc) is 2.83. The molecule has 0 bridgehead atoms. The smallest absolute Gasteiger partial charge is 0.169 e. The molecule has 1 aromatic rings. The van der Waals surface area contributed by atoms with Crippen molar-refractivity contribution >= 4 is 5.82 Å². The second kappa shape index (κ2) is 5.34. The van der Waals surface area contributed by atoms with E-state index in [1.165, 1.54) is 6.42 Å². The maximum atomic E-state index is 9.43. The molecule has 1 fully saturated rings. The van der Waals surface area contributed by atoms with Crippen LogP contribution in [-0.2, 0) is 12.8 Å². The van der Waals surface area contributed by atoms with Gasteiger partial charge in [-0.1, -0.05) is 20.8 Å². The number of hydrogen-bond acceptors (Lipinski definition) is 4. The van der Waals surface area contributed by atoms with Crippen LogP contribution in [0.15, 0.2) is 0 Å². The topological polar surface area (TPSA) is 52.8 Å². The summed E-state index contributed by atoms with van der Waals surface area (Å²) in [6, 6.07) is 2.34. The molecule has 0 radical (unpaired) electrons. The molecule has 1 aromatic heterocycles. The van der Waals surface area contributed by atoms with E-state index in [0.29, 0.717) is 5.92 Å². The van der Waals surface area contributed by atoms with E-state index in [9.17, 15) is 5.26 Å². The molecule has 2 rings (SSSR count). The maximum Gasteiger partial charge on any atom is 0.169 e. The number of rotatable bonds is 3. The molecule has 2 heterocycles. The molecule has 0 aliphatic carbocycles. The van der Waals surface area contributed by atoms with Crippen molar-refractivity contribution in [2.24, 2.45) is 5.92 Å². The third-order valence-electron chi connectivity index (χ3n) is 3.66. The van der Waals surface area contributed by atoms with Crippen LogP contribution in [0.1, 0.15) is 44.0 Å². The third-order valence-corrected chi connectivity index (χ3v) is 3.66. The predicted octanol–water partition coefficient (Wildman–Crippen LogP) is 2.32. The third kappa shape index (κ3) is 2.17. The highest BCUT2D eigenvalue weighted by atomic mass is 15.3.